The Balaban J connectivity index is 1.57. The lowest BCUT2D eigenvalue weighted by Gasteiger charge is -2.16. The molecule has 28 heavy (non-hydrogen) atoms. The summed E-state index contributed by atoms with van der Waals surface area (Å²) in [5.74, 6) is -0.578. The third kappa shape index (κ3) is 4.60. The Labute approximate surface area is 163 Å². The minimum absolute atomic E-state index is 0.134. The van der Waals surface area contributed by atoms with E-state index in [1.54, 1.807) is 12.1 Å². The van der Waals surface area contributed by atoms with E-state index in [9.17, 15) is 18.0 Å². The summed E-state index contributed by atoms with van der Waals surface area (Å²) in [5.41, 5.74) is 0.172. The molecule has 0 spiro atoms. The Morgan fingerprint density at radius 1 is 1.18 bits per heavy atom. The van der Waals surface area contributed by atoms with Gasteiger partial charge in [-0.2, -0.15) is 4.31 Å². The minimum Gasteiger partial charge on any atom is -0.467 e. The van der Waals surface area contributed by atoms with Crippen molar-refractivity contribution in [2.45, 2.75) is 37.3 Å². The lowest BCUT2D eigenvalue weighted by Crippen LogP contribution is -2.35. The van der Waals surface area contributed by atoms with Gasteiger partial charge in [-0.3, -0.25) is 4.79 Å². The van der Waals surface area contributed by atoms with E-state index in [4.69, 9.17) is 9.15 Å². The highest BCUT2D eigenvalue weighted by Crippen LogP contribution is 2.21. The predicted octanol–water partition coefficient (Wildman–Crippen LogP) is 1.93. The van der Waals surface area contributed by atoms with E-state index in [2.05, 4.69) is 5.32 Å². The maximum atomic E-state index is 12.5. The van der Waals surface area contributed by atoms with Gasteiger partial charge in [-0.25, -0.2) is 13.2 Å². The standard InChI is InChI=1S/C19H22N2O6S/c1-14(18(22)20-13-16-5-4-12-26-16)27-19(23)15-6-8-17(9-7-15)28(24,25)21-10-2-3-11-21/h4-9,12,14H,2-3,10-11,13H2,1H3,(H,20,22)/t14-/m1/s1. The van der Waals surface area contributed by atoms with Crippen molar-refractivity contribution in [1.29, 1.82) is 0 Å². The van der Waals surface area contributed by atoms with Crippen molar-refractivity contribution in [2.24, 2.45) is 0 Å². The number of carbonyl (C=O) groups excluding carboxylic acids is 2. The Morgan fingerprint density at radius 2 is 1.86 bits per heavy atom. The van der Waals surface area contributed by atoms with Gasteiger partial charge in [0, 0.05) is 13.1 Å². The van der Waals surface area contributed by atoms with Crippen LogP contribution in [0.15, 0.2) is 52.0 Å². The molecule has 2 aromatic rings. The van der Waals surface area contributed by atoms with Crippen LogP contribution in [-0.4, -0.2) is 43.8 Å². The first-order valence-corrected chi connectivity index (χ1v) is 10.4. The summed E-state index contributed by atoms with van der Waals surface area (Å²) in [7, 11) is -3.54. The summed E-state index contributed by atoms with van der Waals surface area (Å²) < 4.78 is 36.7. The maximum absolute atomic E-state index is 12.5. The maximum Gasteiger partial charge on any atom is 0.338 e. The molecule has 9 heteroatoms. The second-order valence-corrected chi connectivity index (χ2v) is 8.42. The van der Waals surface area contributed by atoms with Crippen molar-refractivity contribution >= 4 is 21.9 Å². The van der Waals surface area contributed by atoms with Gasteiger partial charge in [0.05, 0.1) is 23.3 Å². The number of carbonyl (C=O) groups is 2. The van der Waals surface area contributed by atoms with Gasteiger partial charge in [-0.05, 0) is 56.2 Å². The van der Waals surface area contributed by atoms with Crippen LogP contribution in [-0.2, 0) is 26.1 Å². The second-order valence-electron chi connectivity index (χ2n) is 6.48. The number of furan rings is 1. The average molecular weight is 406 g/mol. The average Bonchev–Trinajstić information content (AvgIpc) is 3.40. The Bertz CT molecular complexity index is 916. The molecule has 0 saturated carbocycles. The van der Waals surface area contributed by atoms with Crippen molar-refractivity contribution in [1.82, 2.24) is 9.62 Å². The molecule has 0 unspecified atom stereocenters. The van der Waals surface area contributed by atoms with Crippen LogP contribution in [0.3, 0.4) is 0 Å². The topological polar surface area (TPSA) is 106 Å². The largest absolute Gasteiger partial charge is 0.467 e. The molecule has 1 amide bonds. The van der Waals surface area contributed by atoms with E-state index < -0.39 is 28.0 Å². The van der Waals surface area contributed by atoms with Crippen LogP contribution in [0.4, 0.5) is 0 Å². The third-order valence-electron chi connectivity index (χ3n) is 4.46. The highest BCUT2D eigenvalue weighted by molar-refractivity contribution is 7.89. The van der Waals surface area contributed by atoms with Crippen LogP contribution in [0.2, 0.25) is 0 Å². The summed E-state index contributed by atoms with van der Waals surface area (Å²) >= 11 is 0. The molecular formula is C19H22N2O6S. The molecule has 1 aromatic heterocycles. The molecule has 8 nitrogen and oxygen atoms in total. The lowest BCUT2D eigenvalue weighted by molar-refractivity contribution is -0.129. The van der Waals surface area contributed by atoms with Crippen LogP contribution >= 0.6 is 0 Å². The first-order chi connectivity index (χ1) is 13.4. The van der Waals surface area contributed by atoms with Crippen LogP contribution in [0, 0.1) is 0 Å². The molecule has 1 aromatic carbocycles. The Hall–Kier alpha value is -2.65. The molecule has 3 rings (SSSR count). The fourth-order valence-corrected chi connectivity index (χ4v) is 4.37. The van der Waals surface area contributed by atoms with E-state index in [0.717, 1.165) is 12.8 Å². The number of esters is 1. The zero-order valence-electron chi connectivity index (χ0n) is 15.5. The predicted molar refractivity (Wildman–Crippen MR) is 99.9 cm³/mol. The van der Waals surface area contributed by atoms with E-state index in [1.165, 1.54) is 41.8 Å². The summed E-state index contributed by atoms with van der Waals surface area (Å²) in [5, 5.41) is 2.61. The number of sulfonamides is 1. The molecule has 150 valence electrons. The van der Waals surface area contributed by atoms with Crippen molar-refractivity contribution < 1.29 is 27.2 Å². The van der Waals surface area contributed by atoms with Crippen molar-refractivity contribution in [3.63, 3.8) is 0 Å². The minimum atomic E-state index is -3.54. The normalized spacial score (nSPS) is 15.9. The fraction of sp³-hybridized carbons (Fsp3) is 0.368. The number of ether oxygens (including phenoxy) is 1. The van der Waals surface area contributed by atoms with Crippen LogP contribution in [0.25, 0.3) is 0 Å². The Morgan fingerprint density at radius 3 is 2.46 bits per heavy atom. The molecular weight excluding hydrogens is 384 g/mol. The number of rotatable bonds is 7. The molecule has 2 heterocycles. The smallest absolute Gasteiger partial charge is 0.338 e. The molecule has 0 bridgehead atoms. The van der Waals surface area contributed by atoms with Gasteiger partial charge in [-0.15, -0.1) is 0 Å². The summed E-state index contributed by atoms with van der Waals surface area (Å²) in [6.07, 6.45) is 2.20. The van der Waals surface area contributed by atoms with E-state index in [-0.39, 0.29) is 17.0 Å². The van der Waals surface area contributed by atoms with Gasteiger partial charge in [-0.1, -0.05) is 0 Å². The molecule has 1 aliphatic rings. The van der Waals surface area contributed by atoms with Gasteiger partial charge >= 0.3 is 5.97 Å². The first kappa shape index (κ1) is 20.1. The van der Waals surface area contributed by atoms with Gasteiger partial charge in [0.15, 0.2) is 6.10 Å². The Kier molecular flexibility index (Phi) is 6.15. The van der Waals surface area contributed by atoms with E-state index >= 15 is 0 Å². The number of benzene rings is 1. The zero-order valence-corrected chi connectivity index (χ0v) is 16.3. The first-order valence-electron chi connectivity index (χ1n) is 8.99. The highest BCUT2D eigenvalue weighted by Gasteiger charge is 2.27. The summed E-state index contributed by atoms with van der Waals surface area (Å²) in [4.78, 5) is 24.4. The van der Waals surface area contributed by atoms with Crippen molar-refractivity contribution in [2.75, 3.05) is 13.1 Å². The third-order valence-corrected chi connectivity index (χ3v) is 6.38. The van der Waals surface area contributed by atoms with E-state index in [0.29, 0.717) is 18.8 Å². The molecule has 0 aliphatic carbocycles. The van der Waals surface area contributed by atoms with Gasteiger partial charge in [0.1, 0.15) is 5.76 Å². The molecule has 1 aliphatic heterocycles. The number of hydrogen-bond donors (Lipinski definition) is 1. The molecule has 1 fully saturated rings. The molecule has 0 radical (unpaired) electrons. The molecule has 1 saturated heterocycles. The zero-order chi connectivity index (χ0) is 20.1. The summed E-state index contributed by atoms with van der Waals surface area (Å²) in [6, 6.07) is 8.96. The number of nitrogens with one attached hydrogen (secondary N) is 1. The monoisotopic (exact) mass is 406 g/mol. The SMILES string of the molecule is C[C@@H](OC(=O)c1ccc(S(=O)(=O)N2CCCC2)cc1)C(=O)NCc1ccco1. The molecule has 1 atom stereocenters. The summed E-state index contributed by atoms with van der Waals surface area (Å²) in [6.45, 7) is 2.67. The quantitative estimate of drug-likeness (QED) is 0.704. The number of nitrogens with zero attached hydrogens (tertiary/aromatic N) is 1. The number of amides is 1. The lowest BCUT2D eigenvalue weighted by atomic mass is 10.2. The fourth-order valence-electron chi connectivity index (χ4n) is 2.85. The van der Waals surface area contributed by atoms with Crippen LogP contribution in [0.5, 0.6) is 0 Å². The highest BCUT2D eigenvalue weighted by atomic mass is 32.2. The van der Waals surface area contributed by atoms with Crippen LogP contribution < -0.4 is 5.32 Å². The molecule has 1 N–H and O–H groups in total. The second kappa shape index (κ2) is 8.57. The van der Waals surface area contributed by atoms with Gasteiger partial charge in [0.25, 0.3) is 5.91 Å². The van der Waals surface area contributed by atoms with Crippen LogP contribution in [0.1, 0.15) is 35.9 Å². The number of hydrogen-bond acceptors (Lipinski definition) is 6. The van der Waals surface area contributed by atoms with Crippen molar-refractivity contribution in [3.8, 4) is 0 Å². The van der Waals surface area contributed by atoms with Gasteiger partial charge in [0.2, 0.25) is 10.0 Å². The van der Waals surface area contributed by atoms with Gasteiger partial charge < -0.3 is 14.5 Å². The van der Waals surface area contributed by atoms with Crippen molar-refractivity contribution in [3.05, 3.63) is 54.0 Å². The van der Waals surface area contributed by atoms with E-state index in [1.807, 2.05) is 0 Å².